The predicted molar refractivity (Wildman–Crippen MR) is 101 cm³/mol. The molecule has 1 aliphatic heterocycles. The SMILES string of the molecule is COc1cccc(N2CCN(CCC3CCC(C(N)=O)CC3)CC2)c1. The average molecular weight is 345 g/mol. The van der Waals surface area contributed by atoms with Gasteiger partial charge in [0.2, 0.25) is 5.91 Å². The van der Waals surface area contributed by atoms with Gasteiger partial charge in [-0.05, 0) is 56.7 Å². The molecular weight excluding hydrogens is 314 g/mol. The fourth-order valence-corrected chi connectivity index (χ4v) is 4.14. The number of benzene rings is 1. The lowest BCUT2D eigenvalue weighted by molar-refractivity contribution is -0.123. The molecule has 0 bridgehead atoms. The minimum absolute atomic E-state index is 0.105. The summed E-state index contributed by atoms with van der Waals surface area (Å²) in [4.78, 5) is 16.3. The van der Waals surface area contributed by atoms with Gasteiger partial charge in [-0.25, -0.2) is 0 Å². The summed E-state index contributed by atoms with van der Waals surface area (Å²) < 4.78 is 5.33. The summed E-state index contributed by atoms with van der Waals surface area (Å²) in [5.41, 5.74) is 6.68. The lowest BCUT2D eigenvalue weighted by Gasteiger charge is -2.37. The number of amides is 1. The molecule has 5 heteroatoms. The number of methoxy groups -OCH3 is 1. The fourth-order valence-electron chi connectivity index (χ4n) is 4.14. The van der Waals surface area contributed by atoms with Gasteiger partial charge >= 0.3 is 0 Å². The Hall–Kier alpha value is -1.75. The van der Waals surface area contributed by atoms with Gasteiger partial charge in [-0.15, -0.1) is 0 Å². The Bertz CT molecular complexity index is 562. The van der Waals surface area contributed by atoms with E-state index in [0.29, 0.717) is 0 Å². The van der Waals surface area contributed by atoms with Gasteiger partial charge in [-0.2, -0.15) is 0 Å². The van der Waals surface area contributed by atoms with Crippen LogP contribution in [0.1, 0.15) is 32.1 Å². The number of ether oxygens (including phenoxy) is 1. The second-order valence-electron chi connectivity index (χ2n) is 7.44. The lowest BCUT2D eigenvalue weighted by Crippen LogP contribution is -2.47. The Morgan fingerprint density at radius 1 is 1.16 bits per heavy atom. The third kappa shape index (κ3) is 4.88. The first kappa shape index (κ1) is 18.1. The smallest absolute Gasteiger partial charge is 0.220 e. The van der Waals surface area contributed by atoms with Crippen LogP contribution < -0.4 is 15.4 Å². The van der Waals surface area contributed by atoms with Crippen LogP contribution in [-0.2, 0) is 4.79 Å². The fraction of sp³-hybridized carbons (Fsp3) is 0.650. The highest BCUT2D eigenvalue weighted by Gasteiger charge is 2.25. The Morgan fingerprint density at radius 2 is 1.88 bits per heavy atom. The number of carbonyl (C=O) groups excluding carboxylic acids is 1. The van der Waals surface area contributed by atoms with Crippen LogP contribution in [0.5, 0.6) is 5.75 Å². The minimum atomic E-state index is -0.105. The van der Waals surface area contributed by atoms with Crippen LogP contribution >= 0.6 is 0 Å². The monoisotopic (exact) mass is 345 g/mol. The summed E-state index contributed by atoms with van der Waals surface area (Å²) in [6, 6.07) is 8.33. The number of hydrogen-bond donors (Lipinski definition) is 1. The minimum Gasteiger partial charge on any atom is -0.497 e. The van der Waals surface area contributed by atoms with Crippen molar-refractivity contribution in [3.63, 3.8) is 0 Å². The second kappa shape index (κ2) is 8.56. The van der Waals surface area contributed by atoms with E-state index in [1.54, 1.807) is 7.11 Å². The predicted octanol–water partition coefficient (Wildman–Crippen LogP) is 2.50. The Labute approximate surface area is 151 Å². The van der Waals surface area contributed by atoms with Crippen LogP contribution in [0.2, 0.25) is 0 Å². The van der Waals surface area contributed by atoms with Crippen LogP contribution in [0.25, 0.3) is 0 Å². The van der Waals surface area contributed by atoms with E-state index >= 15 is 0 Å². The number of anilines is 1. The van der Waals surface area contributed by atoms with Gasteiger partial charge in [0.15, 0.2) is 0 Å². The molecule has 1 saturated heterocycles. The van der Waals surface area contributed by atoms with Crippen molar-refractivity contribution in [2.45, 2.75) is 32.1 Å². The van der Waals surface area contributed by atoms with Crippen molar-refractivity contribution in [1.82, 2.24) is 4.90 Å². The van der Waals surface area contributed by atoms with Gasteiger partial charge in [0.25, 0.3) is 0 Å². The van der Waals surface area contributed by atoms with Gasteiger partial charge in [0, 0.05) is 43.9 Å². The summed E-state index contributed by atoms with van der Waals surface area (Å²) in [5.74, 6) is 1.72. The summed E-state index contributed by atoms with van der Waals surface area (Å²) in [7, 11) is 1.72. The second-order valence-corrected chi connectivity index (χ2v) is 7.44. The lowest BCUT2D eigenvalue weighted by atomic mass is 9.80. The summed E-state index contributed by atoms with van der Waals surface area (Å²) >= 11 is 0. The number of primary amides is 1. The van der Waals surface area contributed by atoms with Crippen LogP contribution in [0.3, 0.4) is 0 Å². The standard InChI is InChI=1S/C20H31N3O2/c1-25-19-4-2-3-18(15-19)23-13-11-22(12-14-23)10-9-16-5-7-17(8-6-16)20(21)24/h2-4,15-17H,5-14H2,1H3,(H2,21,24). The number of hydrogen-bond acceptors (Lipinski definition) is 4. The van der Waals surface area contributed by atoms with Crippen molar-refractivity contribution in [1.29, 1.82) is 0 Å². The highest BCUT2D eigenvalue weighted by atomic mass is 16.5. The summed E-state index contributed by atoms with van der Waals surface area (Å²) in [6.07, 6.45) is 5.56. The third-order valence-electron chi connectivity index (χ3n) is 5.89. The zero-order valence-corrected chi connectivity index (χ0v) is 15.3. The zero-order chi connectivity index (χ0) is 17.6. The molecule has 0 unspecified atom stereocenters. The van der Waals surface area contributed by atoms with E-state index in [1.807, 2.05) is 6.07 Å². The number of piperazine rings is 1. The molecule has 0 spiro atoms. The van der Waals surface area contributed by atoms with E-state index in [2.05, 4.69) is 28.0 Å². The van der Waals surface area contributed by atoms with E-state index in [9.17, 15) is 4.79 Å². The topological polar surface area (TPSA) is 58.8 Å². The summed E-state index contributed by atoms with van der Waals surface area (Å²) in [6.45, 7) is 5.56. The summed E-state index contributed by atoms with van der Waals surface area (Å²) in [5, 5.41) is 0. The molecule has 5 nitrogen and oxygen atoms in total. The van der Waals surface area contributed by atoms with Gasteiger partial charge in [-0.1, -0.05) is 6.07 Å². The van der Waals surface area contributed by atoms with Crippen LogP contribution in [-0.4, -0.2) is 50.6 Å². The van der Waals surface area contributed by atoms with Crippen molar-refractivity contribution in [3.05, 3.63) is 24.3 Å². The van der Waals surface area contributed by atoms with Crippen molar-refractivity contribution >= 4 is 11.6 Å². The Kier molecular flexibility index (Phi) is 6.19. The molecule has 2 fully saturated rings. The molecule has 3 rings (SSSR count). The first-order chi connectivity index (χ1) is 12.2. The maximum absolute atomic E-state index is 11.3. The maximum atomic E-state index is 11.3. The molecule has 1 aromatic carbocycles. The molecule has 138 valence electrons. The van der Waals surface area contributed by atoms with Crippen LogP contribution in [0.4, 0.5) is 5.69 Å². The van der Waals surface area contributed by atoms with E-state index in [1.165, 1.54) is 18.7 Å². The van der Waals surface area contributed by atoms with Gasteiger partial charge in [0.1, 0.15) is 5.75 Å². The van der Waals surface area contributed by atoms with E-state index in [0.717, 1.165) is 63.5 Å². The number of nitrogens with two attached hydrogens (primary N) is 1. The number of rotatable bonds is 6. The average Bonchev–Trinajstić information content (AvgIpc) is 2.67. The van der Waals surface area contributed by atoms with Gasteiger partial charge in [-0.3, -0.25) is 9.69 Å². The zero-order valence-electron chi connectivity index (χ0n) is 15.3. The van der Waals surface area contributed by atoms with Crippen LogP contribution in [0.15, 0.2) is 24.3 Å². The Balaban J connectivity index is 1.39. The largest absolute Gasteiger partial charge is 0.497 e. The Morgan fingerprint density at radius 3 is 2.52 bits per heavy atom. The number of carbonyl (C=O) groups is 1. The molecule has 0 radical (unpaired) electrons. The molecule has 1 aromatic rings. The van der Waals surface area contributed by atoms with Gasteiger partial charge < -0.3 is 15.4 Å². The van der Waals surface area contributed by atoms with E-state index < -0.39 is 0 Å². The molecule has 1 saturated carbocycles. The van der Waals surface area contributed by atoms with Gasteiger partial charge in [0.05, 0.1) is 7.11 Å². The maximum Gasteiger partial charge on any atom is 0.220 e. The third-order valence-corrected chi connectivity index (χ3v) is 5.89. The molecule has 1 amide bonds. The molecule has 1 heterocycles. The molecule has 2 aliphatic rings. The molecule has 0 aromatic heterocycles. The molecular formula is C20H31N3O2. The van der Waals surface area contributed by atoms with Crippen molar-refractivity contribution in [3.8, 4) is 5.75 Å². The highest BCUT2D eigenvalue weighted by Crippen LogP contribution is 2.31. The molecule has 25 heavy (non-hydrogen) atoms. The number of nitrogens with zero attached hydrogens (tertiary/aromatic N) is 2. The molecule has 2 N–H and O–H groups in total. The molecule has 0 atom stereocenters. The molecule has 1 aliphatic carbocycles. The first-order valence-corrected chi connectivity index (χ1v) is 9.56. The first-order valence-electron chi connectivity index (χ1n) is 9.56. The van der Waals surface area contributed by atoms with Crippen molar-refractivity contribution in [2.75, 3.05) is 44.7 Å². The van der Waals surface area contributed by atoms with E-state index in [-0.39, 0.29) is 11.8 Å². The normalized spacial score (nSPS) is 24.9. The van der Waals surface area contributed by atoms with Crippen LogP contribution in [0, 0.1) is 11.8 Å². The quantitative estimate of drug-likeness (QED) is 0.861. The highest BCUT2D eigenvalue weighted by molar-refractivity contribution is 5.76. The van der Waals surface area contributed by atoms with E-state index in [4.69, 9.17) is 10.5 Å². The van der Waals surface area contributed by atoms with Crippen molar-refractivity contribution in [2.24, 2.45) is 17.6 Å². The van der Waals surface area contributed by atoms with Crippen molar-refractivity contribution < 1.29 is 9.53 Å².